The van der Waals surface area contributed by atoms with Crippen LogP contribution in [0.5, 0.6) is 0 Å². The van der Waals surface area contributed by atoms with Gasteiger partial charge >= 0.3 is 12.1 Å². The van der Waals surface area contributed by atoms with Gasteiger partial charge in [0.2, 0.25) is 5.91 Å². The van der Waals surface area contributed by atoms with Crippen LogP contribution < -0.4 is 9.88 Å². The maximum atomic E-state index is 14.3. The number of β-lactam (4-membered cyclic amide) rings is 1. The van der Waals surface area contributed by atoms with Crippen molar-refractivity contribution in [3.63, 3.8) is 0 Å². The first-order chi connectivity index (χ1) is 23.0. The van der Waals surface area contributed by atoms with Crippen molar-refractivity contribution in [2.45, 2.75) is 56.9 Å². The second kappa shape index (κ2) is 13.7. The number of thioether (sulfide) groups is 1. The van der Waals surface area contributed by atoms with E-state index in [1.54, 1.807) is 31.7 Å². The van der Waals surface area contributed by atoms with Crippen molar-refractivity contribution < 1.29 is 33.2 Å². The van der Waals surface area contributed by atoms with Crippen LogP contribution in [0.15, 0.2) is 108 Å². The summed E-state index contributed by atoms with van der Waals surface area (Å²) in [5.41, 5.74) is 3.00. The minimum atomic E-state index is -0.878. The van der Waals surface area contributed by atoms with Gasteiger partial charge < -0.3 is 19.7 Å². The SMILES string of the molecule is C[n+]1ccc(CN2CCC(=CC3=C(C(=O)OC(c4ccccc4)c4ccccc4)N4C(=O)[C@@H](NC(=O)OC(C)(C)C)[C@H]4SC3)C2=O)cc1. The fourth-order valence-corrected chi connectivity index (χ4v) is 7.25. The highest BCUT2D eigenvalue weighted by atomic mass is 32.2. The Morgan fingerprint density at radius 3 is 2.23 bits per heavy atom. The zero-order valence-corrected chi connectivity index (χ0v) is 28.2. The average molecular weight is 668 g/mol. The molecule has 3 aliphatic heterocycles. The number of carbonyl (C=O) groups is 4. The van der Waals surface area contributed by atoms with E-state index in [1.807, 2.05) is 96.8 Å². The normalized spacial score (nSPS) is 20.1. The van der Waals surface area contributed by atoms with Crippen molar-refractivity contribution in [3.05, 3.63) is 125 Å². The van der Waals surface area contributed by atoms with E-state index in [0.29, 0.717) is 36.4 Å². The lowest BCUT2D eigenvalue weighted by molar-refractivity contribution is -0.671. The Morgan fingerprint density at radius 2 is 1.62 bits per heavy atom. The van der Waals surface area contributed by atoms with Crippen LogP contribution >= 0.6 is 11.8 Å². The molecule has 0 aliphatic carbocycles. The van der Waals surface area contributed by atoms with E-state index < -0.39 is 41.1 Å². The van der Waals surface area contributed by atoms with Gasteiger partial charge in [-0.1, -0.05) is 60.7 Å². The molecule has 2 fully saturated rings. The molecular formula is C37H39N4O6S+. The minimum Gasteiger partial charge on any atom is -0.448 e. The van der Waals surface area contributed by atoms with E-state index in [1.165, 1.54) is 16.7 Å². The first-order valence-corrected chi connectivity index (χ1v) is 17.0. The molecule has 2 aromatic carbocycles. The highest BCUT2D eigenvalue weighted by molar-refractivity contribution is 8.00. The third-order valence-corrected chi connectivity index (χ3v) is 9.58. The number of likely N-dealkylation sites (tertiary alicyclic amines) is 1. The molecule has 11 heteroatoms. The molecule has 0 saturated carbocycles. The van der Waals surface area contributed by atoms with Crippen LogP contribution in [-0.4, -0.2) is 63.0 Å². The van der Waals surface area contributed by atoms with Crippen molar-refractivity contribution in [2.75, 3.05) is 12.3 Å². The molecule has 1 N–H and O–H groups in total. The van der Waals surface area contributed by atoms with Crippen molar-refractivity contribution in [3.8, 4) is 0 Å². The molecular weight excluding hydrogens is 628 g/mol. The maximum absolute atomic E-state index is 14.3. The van der Waals surface area contributed by atoms with Gasteiger partial charge in [0.15, 0.2) is 18.5 Å². The number of pyridine rings is 1. The third-order valence-electron chi connectivity index (χ3n) is 8.28. The summed E-state index contributed by atoms with van der Waals surface area (Å²) in [6, 6.07) is 21.9. The molecule has 0 bridgehead atoms. The summed E-state index contributed by atoms with van der Waals surface area (Å²) in [5, 5.41) is 2.13. The van der Waals surface area contributed by atoms with Crippen LogP contribution in [0, 0.1) is 0 Å². The van der Waals surface area contributed by atoms with E-state index >= 15 is 0 Å². The Balaban J connectivity index is 1.31. The molecule has 3 amide bonds. The number of nitrogens with zero attached hydrogens (tertiary/aromatic N) is 3. The van der Waals surface area contributed by atoms with Crippen LogP contribution in [0.25, 0.3) is 0 Å². The van der Waals surface area contributed by atoms with Crippen molar-refractivity contribution in [1.82, 2.24) is 15.1 Å². The lowest BCUT2D eigenvalue weighted by atomic mass is 10.00. The van der Waals surface area contributed by atoms with Crippen LogP contribution in [0.4, 0.5) is 4.79 Å². The number of esters is 1. The van der Waals surface area contributed by atoms with E-state index in [0.717, 1.165) is 16.7 Å². The largest absolute Gasteiger partial charge is 0.448 e. The van der Waals surface area contributed by atoms with E-state index in [9.17, 15) is 19.2 Å². The second-order valence-electron chi connectivity index (χ2n) is 13.0. The molecule has 3 aromatic rings. The quantitative estimate of drug-likeness (QED) is 0.162. The van der Waals surface area contributed by atoms with Gasteiger partial charge in [-0.3, -0.25) is 14.5 Å². The number of nitrogens with one attached hydrogen (secondary N) is 1. The topological polar surface area (TPSA) is 109 Å². The number of allylic oxidation sites excluding steroid dienone is 1. The fourth-order valence-electron chi connectivity index (χ4n) is 5.94. The van der Waals surface area contributed by atoms with Gasteiger partial charge in [0.1, 0.15) is 29.8 Å². The standard InChI is InChI=1S/C37H38N4O6S/c1-37(2,3)47-36(45)38-29-33(43)41-30(35(44)46-31(25-11-7-5-8-12-25)26-13-9-6-10-14-26)28(23-48-34(29)41)21-27-17-20-40(32(27)42)22-24-15-18-39(4)19-16-24/h5-16,18-19,21,29,31,34H,17,20,22-23H2,1-4H3/p+1/t29-,34-/m1/s1. The fraction of sp³-hybridized carbons (Fsp3) is 0.324. The summed E-state index contributed by atoms with van der Waals surface area (Å²) >= 11 is 1.41. The summed E-state index contributed by atoms with van der Waals surface area (Å²) < 4.78 is 13.6. The monoisotopic (exact) mass is 667 g/mol. The average Bonchev–Trinajstić information content (AvgIpc) is 3.40. The summed E-state index contributed by atoms with van der Waals surface area (Å²) in [7, 11) is 1.94. The summed E-state index contributed by atoms with van der Waals surface area (Å²) in [5.74, 6) is -0.915. The van der Waals surface area contributed by atoms with Crippen LogP contribution in [0.3, 0.4) is 0 Å². The summed E-state index contributed by atoms with van der Waals surface area (Å²) in [6.45, 7) is 6.25. The highest BCUT2D eigenvalue weighted by Crippen LogP contribution is 2.42. The van der Waals surface area contributed by atoms with Gasteiger partial charge in [0.25, 0.3) is 5.91 Å². The minimum absolute atomic E-state index is 0.0807. The molecule has 1 aromatic heterocycles. The Bertz CT molecular complexity index is 1730. The number of aromatic nitrogens is 1. The van der Waals surface area contributed by atoms with Gasteiger partial charge in [-0.05, 0) is 55.5 Å². The molecule has 0 unspecified atom stereocenters. The van der Waals surface area contributed by atoms with Crippen molar-refractivity contribution in [1.29, 1.82) is 0 Å². The number of alkyl carbamates (subject to hydrolysis) is 1. The predicted molar refractivity (Wildman–Crippen MR) is 180 cm³/mol. The summed E-state index contributed by atoms with van der Waals surface area (Å²) in [6.07, 6.45) is 4.69. The molecule has 248 valence electrons. The van der Waals surface area contributed by atoms with Crippen LogP contribution in [-0.2, 0) is 37.4 Å². The van der Waals surface area contributed by atoms with Gasteiger partial charge in [-0.25, -0.2) is 14.2 Å². The molecule has 0 radical (unpaired) electrons. The third kappa shape index (κ3) is 7.16. The lowest BCUT2D eigenvalue weighted by Gasteiger charge is -2.49. The zero-order valence-electron chi connectivity index (χ0n) is 27.4. The van der Waals surface area contributed by atoms with Crippen LogP contribution in [0.2, 0.25) is 0 Å². The lowest BCUT2D eigenvalue weighted by Crippen LogP contribution is -2.70. The number of rotatable bonds is 8. The predicted octanol–water partition coefficient (Wildman–Crippen LogP) is 4.57. The number of hydrogen-bond donors (Lipinski definition) is 1. The number of carbonyl (C=O) groups excluding carboxylic acids is 4. The Labute approximate surface area is 284 Å². The summed E-state index contributed by atoms with van der Waals surface area (Å²) in [4.78, 5) is 57.3. The van der Waals surface area contributed by atoms with Gasteiger partial charge in [0, 0.05) is 36.5 Å². The first kappa shape index (κ1) is 33.0. The number of benzene rings is 2. The molecule has 3 aliphatic rings. The van der Waals surface area contributed by atoms with Gasteiger partial charge in [0.05, 0.1) is 0 Å². The number of amides is 3. The number of hydrogen-bond acceptors (Lipinski definition) is 7. The molecule has 6 rings (SSSR count). The Hall–Kier alpha value is -4.90. The van der Waals surface area contributed by atoms with Crippen molar-refractivity contribution >= 4 is 35.6 Å². The molecule has 10 nitrogen and oxygen atoms in total. The molecule has 48 heavy (non-hydrogen) atoms. The van der Waals surface area contributed by atoms with E-state index in [-0.39, 0.29) is 11.6 Å². The molecule has 2 atom stereocenters. The van der Waals surface area contributed by atoms with Gasteiger partial charge in [-0.15, -0.1) is 11.8 Å². The maximum Gasteiger partial charge on any atom is 0.408 e. The molecule has 2 saturated heterocycles. The molecule has 4 heterocycles. The number of ether oxygens (including phenoxy) is 2. The Kier molecular flexibility index (Phi) is 9.41. The zero-order chi connectivity index (χ0) is 34.0. The van der Waals surface area contributed by atoms with Crippen molar-refractivity contribution in [2.24, 2.45) is 7.05 Å². The molecule has 0 spiro atoms. The number of aryl methyl sites for hydroxylation is 1. The van der Waals surface area contributed by atoms with Gasteiger partial charge in [-0.2, -0.15) is 0 Å². The smallest absolute Gasteiger partial charge is 0.408 e. The highest BCUT2D eigenvalue weighted by Gasteiger charge is 2.55. The first-order valence-electron chi connectivity index (χ1n) is 15.9. The number of fused-ring (bicyclic) bond motifs is 1. The van der Waals surface area contributed by atoms with Crippen LogP contribution in [0.1, 0.15) is 50.0 Å². The van der Waals surface area contributed by atoms with E-state index in [2.05, 4.69) is 5.32 Å². The second-order valence-corrected chi connectivity index (χ2v) is 14.1. The van der Waals surface area contributed by atoms with E-state index in [4.69, 9.17) is 9.47 Å². The Morgan fingerprint density at radius 1 is 1.00 bits per heavy atom.